The van der Waals surface area contributed by atoms with Crippen molar-refractivity contribution in [2.75, 3.05) is 13.1 Å². The molecule has 6 nitrogen and oxygen atoms in total. The molecule has 0 aliphatic carbocycles. The molecule has 0 aliphatic heterocycles. The number of nitrogens with two attached hydrogens (primary N) is 1. The van der Waals surface area contributed by atoms with E-state index in [1.807, 2.05) is 19.1 Å². The molecule has 2 aromatic rings. The number of hydrogen-bond donors (Lipinski definition) is 2. The van der Waals surface area contributed by atoms with E-state index in [9.17, 15) is 4.79 Å². The molecule has 1 aromatic carbocycles. The molecule has 0 unspecified atom stereocenters. The highest BCUT2D eigenvalue weighted by Crippen LogP contribution is 2.09. The van der Waals surface area contributed by atoms with Gasteiger partial charge in [-0.3, -0.25) is 4.79 Å². The fourth-order valence-electron chi connectivity index (χ4n) is 1.83. The second-order valence-corrected chi connectivity index (χ2v) is 4.43. The predicted octanol–water partition coefficient (Wildman–Crippen LogP) is 0.661. The van der Waals surface area contributed by atoms with Crippen LogP contribution < -0.4 is 11.1 Å². The Labute approximate surface area is 122 Å². The van der Waals surface area contributed by atoms with Gasteiger partial charge in [0.2, 0.25) is 5.89 Å². The Bertz CT molecular complexity index is 669. The standard InChI is InChI=1S/C15H16N4O2/c1-11-7-12(3-2-5-16)9-13(8-11)15(20)17-6-4-14-18-10-19-21-14/h7-10H,4-6,16H2,1H3,(H,17,20). The SMILES string of the molecule is Cc1cc(C#CCN)cc(C(=O)NCCc2ncno2)c1. The fourth-order valence-corrected chi connectivity index (χ4v) is 1.83. The van der Waals surface area contributed by atoms with E-state index in [1.54, 1.807) is 6.07 Å². The van der Waals surface area contributed by atoms with E-state index in [4.69, 9.17) is 10.3 Å². The van der Waals surface area contributed by atoms with Gasteiger partial charge in [-0.15, -0.1) is 0 Å². The molecule has 1 amide bonds. The van der Waals surface area contributed by atoms with Gasteiger partial charge in [-0.2, -0.15) is 4.98 Å². The molecule has 3 N–H and O–H groups in total. The number of aryl methyl sites for hydroxylation is 1. The van der Waals surface area contributed by atoms with E-state index >= 15 is 0 Å². The van der Waals surface area contributed by atoms with Crippen molar-refractivity contribution in [3.63, 3.8) is 0 Å². The van der Waals surface area contributed by atoms with Gasteiger partial charge in [0, 0.05) is 24.1 Å². The van der Waals surface area contributed by atoms with E-state index in [0.29, 0.717) is 31.0 Å². The highest BCUT2D eigenvalue weighted by molar-refractivity contribution is 5.94. The number of carbonyl (C=O) groups excluding carboxylic acids is 1. The largest absolute Gasteiger partial charge is 0.352 e. The summed E-state index contributed by atoms with van der Waals surface area (Å²) in [5, 5.41) is 6.31. The van der Waals surface area contributed by atoms with Gasteiger partial charge in [-0.25, -0.2) is 0 Å². The number of nitrogens with one attached hydrogen (secondary N) is 1. The van der Waals surface area contributed by atoms with Crippen molar-refractivity contribution in [3.05, 3.63) is 47.1 Å². The first kappa shape index (κ1) is 14.8. The van der Waals surface area contributed by atoms with Crippen molar-refractivity contribution < 1.29 is 9.32 Å². The minimum atomic E-state index is -0.158. The minimum Gasteiger partial charge on any atom is -0.352 e. The van der Waals surface area contributed by atoms with E-state index in [2.05, 4.69) is 27.3 Å². The summed E-state index contributed by atoms with van der Waals surface area (Å²) < 4.78 is 4.86. The number of aromatic nitrogens is 2. The fraction of sp³-hybridized carbons (Fsp3) is 0.267. The van der Waals surface area contributed by atoms with Gasteiger partial charge in [0.05, 0.1) is 6.54 Å². The average Bonchev–Trinajstić information content (AvgIpc) is 2.97. The summed E-state index contributed by atoms with van der Waals surface area (Å²) in [4.78, 5) is 16.0. The van der Waals surface area contributed by atoms with Crippen LogP contribution in [0.3, 0.4) is 0 Å². The van der Waals surface area contributed by atoms with Crippen molar-refractivity contribution >= 4 is 5.91 Å². The monoisotopic (exact) mass is 284 g/mol. The molecule has 0 bridgehead atoms. The third-order valence-electron chi connectivity index (χ3n) is 2.71. The predicted molar refractivity (Wildman–Crippen MR) is 77.4 cm³/mol. The van der Waals surface area contributed by atoms with Crippen molar-refractivity contribution in [2.45, 2.75) is 13.3 Å². The summed E-state index contributed by atoms with van der Waals surface area (Å²) in [6, 6.07) is 5.48. The summed E-state index contributed by atoms with van der Waals surface area (Å²) >= 11 is 0. The Morgan fingerprint density at radius 2 is 2.29 bits per heavy atom. The van der Waals surface area contributed by atoms with Crippen LogP contribution in [0.15, 0.2) is 29.0 Å². The quantitative estimate of drug-likeness (QED) is 0.804. The van der Waals surface area contributed by atoms with Crippen molar-refractivity contribution in [2.24, 2.45) is 5.73 Å². The van der Waals surface area contributed by atoms with Crippen LogP contribution in [0.25, 0.3) is 0 Å². The van der Waals surface area contributed by atoms with Crippen LogP contribution in [0.5, 0.6) is 0 Å². The second-order valence-electron chi connectivity index (χ2n) is 4.43. The minimum absolute atomic E-state index is 0.158. The second kappa shape index (κ2) is 7.22. The summed E-state index contributed by atoms with van der Waals surface area (Å²) in [5.41, 5.74) is 7.68. The smallest absolute Gasteiger partial charge is 0.251 e. The highest BCUT2D eigenvalue weighted by Gasteiger charge is 2.07. The summed E-state index contributed by atoms with van der Waals surface area (Å²) in [7, 11) is 0. The van der Waals surface area contributed by atoms with E-state index < -0.39 is 0 Å². The molecular weight excluding hydrogens is 268 g/mol. The van der Waals surface area contributed by atoms with Crippen molar-refractivity contribution in [3.8, 4) is 11.8 Å². The molecule has 1 aromatic heterocycles. The lowest BCUT2D eigenvalue weighted by Gasteiger charge is -2.05. The van der Waals surface area contributed by atoms with Gasteiger partial charge in [-0.05, 0) is 30.7 Å². The number of benzene rings is 1. The third-order valence-corrected chi connectivity index (χ3v) is 2.71. The van der Waals surface area contributed by atoms with Crippen molar-refractivity contribution in [1.82, 2.24) is 15.5 Å². The van der Waals surface area contributed by atoms with Gasteiger partial charge >= 0.3 is 0 Å². The Morgan fingerprint density at radius 1 is 1.43 bits per heavy atom. The molecular formula is C15H16N4O2. The van der Waals surface area contributed by atoms with Crippen LogP contribution in [-0.4, -0.2) is 29.1 Å². The van der Waals surface area contributed by atoms with E-state index in [1.165, 1.54) is 6.33 Å². The molecule has 0 radical (unpaired) electrons. The first-order valence-corrected chi connectivity index (χ1v) is 6.53. The van der Waals surface area contributed by atoms with Gasteiger partial charge in [0.25, 0.3) is 5.91 Å². The lowest BCUT2D eigenvalue weighted by molar-refractivity contribution is 0.0953. The molecule has 1 heterocycles. The maximum Gasteiger partial charge on any atom is 0.251 e. The molecule has 108 valence electrons. The van der Waals surface area contributed by atoms with Crippen LogP contribution in [0.2, 0.25) is 0 Å². The topological polar surface area (TPSA) is 94.0 Å². The van der Waals surface area contributed by atoms with Gasteiger partial charge in [-0.1, -0.05) is 17.0 Å². The Morgan fingerprint density at radius 3 is 3.00 bits per heavy atom. The first-order chi connectivity index (χ1) is 10.2. The van der Waals surface area contributed by atoms with Crippen LogP contribution >= 0.6 is 0 Å². The molecule has 0 atom stereocenters. The van der Waals surface area contributed by atoms with Crippen molar-refractivity contribution in [1.29, 1.82) is 0 Å². The number of nitrogens with zero attached hydrogens (tertiary/aromatic N) is 2. The van der Waals surface area contributed by atoms with Gasteiger partial charge in [0.1, 0.15) is 0 Å². The van der Waals surface area contributed by atoms with Crippen LogP contribution in [0.1, 0.15) is 27.4 Å². The molecule has 21 heavy (non-hydrogen) atoms. The molecule has 0 aliphatic rings. The highest BCUT2D eigenvalue weighted by atomic mass is 16.5. The molecule has 2 rings (SSSR count). The van der Waals surface area contributed by atoms with Crippen LogP contribution in [0.4, 0.5) is 0 Å². The molecule has 0 spiro atoms. The Balaban J connectivity index is 1.99. The average molecular weight is 284 g/mol. The van der Waals surface area contributed by atoms with Gasteiger partial charge < -0.3 is 15.6 Å². The summed E-state index contributed by atoms with van der Waals surface area (Å²) in [5.74, 6) is 6.04. The third kappa shape index (κ3) is 4.44. The zero-order chi connectivity index (χ0) is 15.1. The van der Waals surface area contributed by atoms with Gasteiger partial charge in [0.15, 0.2) is 6.33 Å². The summed E-state index contributed by atoms with van der Waals surface area (Å²) in [6.07, 6.45) is 1.83. The van der Waals surface area contributed by atoms with Crippen LogP contribution in [0, 0.1) is 18.8 Å². The van der Waals surface area contributed by atoms with Crippen LogP contribution in [-0.2, 0) is 6.42 Å². The molecule has 6 heteroatoms. The molecule has 0 saturated heterocycles. The maximum absolute atomic E-state index is 12.1. The van der Waals surface area contributed by atoms with E-state index in [0.717, 1.165) is 11.1 Å². The molecule has 0 fully saturated rings. The lowest BCUT2D eigenvalue weighted by Crippen LogP contribution is -2.25. The number of hydrogen-bond acceptors (Lipinski definition) is 5. The number of carbonyl (C=O) groups is 1. The number of rotatable bonds is 4. The first-order valence-electron chi connectivity index (χ1n) is 6.53. The zero-order valence-corrected chi connectivity index (χ0v) is 11.7. The zero-order valence-electron chi connectivity index (χ0n) is 11.7. The van der Waals surface area contributed by atoms with E-state index in [-0.39, 0.29) is 5.91 Å². The molecule has 0 saturated carbocycles. The lowest BCUT2D eigenvalue weighted by atomic mass is 10.1. The summed E-state index contributed by atoms with van der Waals surface area (Å²) in [6.45, 7) is 2.64. The Hall–Kier alpha value is -2.65. The Kier molecular flexibility index (Phi) is 5.07. The maximum atomic E-state index is 12.1. The normalized spacial score (nSPS) is 9.81. The number of amides is 1.